The van der Waals surface area contributed by atoms with Gasteiger partial charge < -0.3 is 4.57 Å². The van der Waals surface area contributed by atoms with Crippen LogP contribution in [0.1, 0.15) is 11.1 Å². The van der Waals surface area contributed by atoms with Gasteiger partial charge in [-0.15, -0.1) is 0 Å². The first kappa shape index (κ1) is 20.3. The molecule has 1 N–H and O–H groups in total. The third-order valence-corrected chi connectivity index (χ3v) is 5.06. The number of hydrazone groups is 1. The zero-order valence-electron chi connectivity index (χ0n) is 17.1. The van der Waals surface area contributed by atoms with Crippen LogP contribution in [0, 0.1) is 5.82 Å². The first-order valence-corrected chi connectivity index (χ1v) is 9.70. The van der Waals surface area contributed by atoms with Crippen LogP contribution in [-0.4, -0.2) is 24.9 Å². The highest BCUT2D eigenvalue weighted by Gasteiger charge is 2.18. The molecule has 0 fully saturated rings. The maximum Gasteiger partial charge on any atom is 0.332 e. The molecule has 0 unspecified atom stereocenters. The molecule has 2 aromatic carbocycles. The molecule has 2 heterocycles. The minimum absolute atomic E-state index is 0.278. The number of halogens is 1. The van der Waals surface area contributed by atoms with Gasteiger partial charge in [-0.05, 0) is 29.7 Å². The summed E-state index contributed by atoms with van der Waals surface area (Å²) >= 11 is 0. The fourth-order valence-electron chi connectivity index (χ4n) is 3.35. The van der Waals surface area contributed by atoms with Crippen LogP contribution in [0.4, 0.5) is 10.3 Å². The van der Waals surface area contributed by atoms with Crippen LogP contribution in [0.25, 0.3) is 11.2 Å². The number of aryl methyl sites for hydroxylation is 3. The number of aromatic nitrogens is 4. The van der Waals surface area contributed by atoms with Crippen molar-refractivity contribution >= 4 is 23.3 Å². The second-order valence-corrected chi connectivity index (χ2v) is 7.12. The fourth-order valence-corrected chi connectivity index (χ4v) is 3.35. The summed E-state index contributed by atoms with van der Waals surface area (Å²) in [6, 6.07) is 15.7. The Bertz CT molecular complexity index is 1370. The molecule has 0 amide bonds. The molecule has 4 aromatic rings. The molecule has 158 valence electrons. The molecule has 0 aliphatic rings. The van der Waals surface area contributed by atoms with Crippen molar-refractivity contribution in [2.45, 2.75) is 13.0 Å². The average molecular weight is 420 g/mol. The number of hydrogen-bond donors (Lipinski definition) is 1. The van der Waals surface area contributed by atoms with E-state index in [0.29, 0.717) is 30.0 Å². The van der Waals surface area contributed by atoms with E-state index in [1.165, 1.54) is 30.0 Å². The van der Waals surface area contributed by atoms with Gasteiger partial charge in [0.2, 0.25) is 5.95 Å². The normalized spacial score (nSPS) is 11.5. The van der Waals surface area contributed by atoms with Crippen LogP contribution < -0.4 is 16.7 Å². The van der Waals surface area contributed by atoms with E-state index < -0.39 is 11.2 Å². The summed E-state index contributed by atoms with van der Waals surface area (Å²) in [5, 5.41) is 4.18. The molecule has 0 spiro atoms. The molecule has 0 radical (unpaired) electrons. The second-order valence-electron chi connectivity index (χ2n) is 7.12. The zero-order valence-corrected chi connectivity index (χ0v) is 17.1. The van der Waals surface area contributed by atoms with Crippen LogP contribution in [0.15, 0.2) is 69.3 Å². The van der Waals surface area contributed by atoms with Crippen molar-refractivity contribution < 1.29 is 4.39 Å². The third kappa shape index (κ3) is 4.02. The van der Waals surface area contributed by atoms with E-state index in [1.807, 2.05) is 30.3 Å². The van der Waals surface area contributed by atoms with Crippen molar-refractivity contribution in [3.05, 3.63) is 92.4 Å². The molecule has 0 aliphatic carbocycles. The van der Waals surface area contributed by atoms with Gasteiger partial charge in [0.15, 0.2) is 11.2 Å². The van der Waals surface area contributed by atoms with Crippen LogP contribution >= 0.6 is 0 Å². The maximum atomic E-state index is 13.1. The van der Waals surface area contributed by atoms with E-state index in [-0.39, 0.29) is 11.5 Å². The van der Waals surface area contributed by atoms with Gasteiger partial charge in [0.25, 0.3) is 5.56 Å². The van der Waals surface area contributed by atoms with Gasteiger partial charge in [0, 0.05) is 20.6 Å². The topological polar surface area (TPSA) is 86.2 Å². The Kier molecular flexibility index (Phi) is 5.48. The van der Waals surface area contributed by atoms with E-state index in [1.54, 1.807) is 23.7 Å². The largest absolute Gasteiger partial charge is 0.332 e. The van der Waals surface area contributed by atoms with Gasteiger partial charge in [-0.25, -0.2) is 14.6 Å². The van der Waals surface area contributed by atoms with Crippen molar-refractivity contribution in [2.24, 2.45) is 19.2 Å². The first-order chi connectivity index (χ1) is 15.0. The predicted octanol–water partition coefficient (Wildman–Crippen LogP) is 2.26. The summed E-state index contributed by atoms with van der Waals surface area (Å²) in [7, 11) is 3.02. The summed E-state index contributed by atoms with van der Waals surface area (Å²) in [6.45, 7) is 0.461. The zero-order chi connectivity index (χ0) is 22.0. The summed E-state index contributed by atoms with van der Waals surface area (Å²) in [5.41, 5.74) is 4.38. The highest BCUT2D eigenvalue weighted by Crippen LogP contribution is 2.17. The highest BCUT2D eigenvalue weighted by molar-refractivity contribution is 5.80. The Morgan fingerprint density at radius 1 is 1.03 bits per heavy atom. The van der Waals surface area contributed by atoms with Crippen molar-refractivity contribution in [1.82, 2.24) is 18.7 Å². The first-order valence-electron chi connectivity index (χ1n) is 9.70. The Hall–Kier alpha value is -4.01. The van der Waals surface area contributed by atoms with E-state index in [0.717, 1.165) is 10.1 Å². The quantitative estimate of drug-likeness (QED) is 0.383. The summed E-state index contributed by atoms with van der Waals surface area (Å²) in [5.74, 6) is 0.00664. The molecule has 2 aromatic heterocycles. The number of rotatable bonds is 6. The third-order valence-electron chi connectivity index (χ3n) is 5.06. The molecule has 0 aliphatic heterocycles. The number of benzene rings is 2. The van der Waals surface area contributed by atoms with E-state index >= 15 is 0 Å². The lowest BCUT2D eigenvalue weighted by Crippen LogP contribution is -2.37. The van der Waals surface area contributed by atoms with Crippen LogP contribution in [-0.2, 0) is 27.1 Å². The molecule has 8 nitrogen and oxygen atoms in total. The number of fused-ring (bicyclic) bond motifs is 1. The van der Waals surface area contributed by atoms with Crippen LogP contribution in [0.2, 0.25) is 0 Å². The number of nitrogens with one attached hydrogen (secondary N) is 1. The van der Waals surface area contributed by atoms with Gasteiger partial charge in [-0.1, -0.05) is 42.5 Å². The summed E-state index contributed by atoms with van der Waals surface area (Å²) in [6.07, 6.45) is 2.19. The van der Waals surface area contributed by atoms with Gasteiger partial charge in [-0.2, -0.15) is 10.1 Å². The van der Waals surface area contributed by atoms with Crippen molar-refractivity contribution in [1.29, 1.82) is 0 Å². The molecular formula is C22H21FN6O2. The molecule has 0 saturated heterocycles. The molecule has 9 heteroatoms. The molecule has 0 saturated carbocycles. The lowest BCUT2D eigenvalue weighted by atomic mass is 10.1. The molecular weight excluding hydrogens is 399 g/mol. The van der Waals surface area contributed by atoms with E-state index in [2.05, 4.69) is 15.5 Å². The highest BCUT2D eigenvalue weighted by atomic mass is 19.1. The van der Waals surface area contributed by atoms with E-state index in [4.69, 9.17) is 0 Å². The van der Waals surface area contributed by atoms with E-state index in [9.17, 15) is 14.0 Å². The average Bonchev–Trinajstić information content (AvgIpc) is 3.15. The monoisotopic (exact) mass is 420 g/mol. The number of hydrogen-bond acceptors (Lipinski definition) is 5. The number of nitrogens with zero attached hydrogens (tertiary/aromatic N) is 5. The van der Waals surface area contributed by atoms with Crippen molar-refractivity contribution in [3.8, 4) is 0 Å². The van der Waals surface area contributed by atoms with Gasteiger partial charge in [0.05, 0.1) is 6.21 Å². The van der Waals surface area contributed by atoms with Crippen molar-refractivity contribution in [3.63, 3.8) is 0 Å². The maximum absolute atomic E-state index is 13.1. The number of anilines is 1. The predicted molar refractivity (Wildman–Crippen MR) is 118 cm³/mol. The Morgan fingerprint density at radius 2 is 1.74 bits per heavy atom. The fraction of sp³-hybridized carbons (Fsp3) is 0.182. The lowest BCUT2D eigenvalue weighted by molar-refractivity contribution is 0.628. The van der Waals surface area contributed by atoms with Crippen LogP contribution in [0.3, 0.4) is 0 Å². The Labute approximate surface area is 176 Å². The van der Waals surface area contributed by atoms with Gasteiger partial charge >= 0.3 is 5.69 Å². The van der Waals surface area contributed by atoms with Crippen molar-refractivity contribution in [2.75, 3.05) is 5.43 Å². The van der Waals surface area contributed by atoms with Crippen LogP contribution in [0.5, 0.6) is 0 Å². The number of imidazole rings is 1. The lowest BCUT2D eigenvalue weighted by Gasteiger charge is -2.09. The minimum atomic E-state index is -0.452. The van der Waals surface area contributed by atoms with Gasteiger partial charge in [-0.3, -0.25) is 13.9 Å². The Balaban J connectivity index is 1.74. The Morgan fingerprint density at radius 3 is 2.45 bits per heavy atom. The molecule has 0 bridgehead atoms. The minimum Gasteiger partial charge on any atom is -0.303 e. The smallest absolute Gasteiger partial charge is 0.303 e. The molecule has 0 atom stereocenters. The standard InChI is InChI=1S/C22H21FN6O2/c1-27-19-18(20(30)28(2)22(27)31)29(13-12-15-6-4-3-5-7-15)21(25-19)26-24-14-16-8-10-17(23)11-9-16/h3-11,14H,12-13H2,1-2H3,(H,25,26)/b24-14+. The summed E-state index contributed by atoms with van der Waals surface area (Å²) in [4.78, 5) is 29.6. The summed E-state index contributed by atoms with van der Waals surface area (Å²) < 4.78 is 17.2. The second kappa shape index (κ2) is 8.39. The molecule has 4 rings (SSSR count). The molecule has 31 heavy (non-hydrogen) atoms. The SMILES string of the molecule is Cn1c(=O)c2c(nc(N/N=C/c3ccc(F)cc3)n2CCc2ccccc2)n(C)c1=O. The van der Waals surface area contributed by atoms with Gasteiger partial charge in [0.1, 0.15) is 5.82 Å².